The Labute approximate surface area is 116 Å². The van der Waals surface area contributed by atoms with Gasteiger partial charge in [0.1, 0.15) is 0 Å². The summed E-state index contributed by atoms with van der Waals surface area (Å²) in [5.41, 5.74) is 7.21. The van der Waals surface area contributed by atoms with Crippen molar-refractivity contribution in [2.24, 2.45) is 5.73 Å². The zero-order chi connectivity index (χ0) is 14.7. The van der Waals surface area contributed by atoms with Crippen molar-refractivity contribution in [2.75, 3.05) is 0 Å². The lowest BCUT2D eigenvalue weighted by Crippen LogP contribution is -2.42. The zero-order valence-corrected chi connectivity index (χ0v) is 13.0. The molecule has 5 heteroatoms. The summed E-state index contributed by atoms with van der Waals surface area (Å²) >= 11 is 0. The van der Waals surface area contributed by atoms with Crippen molar-refractivity contribution in [3.8, 4) is 0 Å². The van der Waals surface area contributed by atoms with Crippen LogP contribution in [0.4, 0.5) is 0 Å². The molecule has 0 aliphatic carbocycles. The number of rotatable bonds is 6. The average Bonchev–Trinajstić information content (AvgIpc) is 2.36. The smallest absolute Gasteiger partial charge is 0.241 e. The average molecular weight is 284 g/mol. The summed E-state index contributed by atoms with van der Waals surface area (Å²) in [7, 11) is -3.49. The number of benzene rings is 1. The Hall–Kier alpha value is -0.910. The zero-order valence-electron chi connectivity index (χ0n) is 12.2. The molecular formula is C14H24N2O2S. The summed E-state index contributed by atoms with van der Waals surface area (Å²) in [5.74, 6) is 0. The molecule has 0 bridgehead atoms. The van der Waals surface area contributed by atoms with Crippen LogP contribution in [0.1, 0.15) is 45.2 Å². The van der Waals surface area contributed by atoms with Crippen LogP contribution in [-0.2, 0) is 23.0 Å². The minimum Gasteiger partial charge on any atom is -0.326 e. The van der Waals surface area contributed by atoms with Gasteiger partial charge in [-0.2, -0.15) is 0 Å². The number of aryl methyl sites for hydroxylation is 1. The molecule has 1 rings (SSSR count). The van der Waals surface area contributed by atoms with Crippen LogP contribution in [0.2, 0.25) is 0 Å². The van der Waals surface area contributed by atoms with Crippen LogP contribution in [-0.4, -0.2) is 14.0 Å². The fourth-order valence-electron chi connectivity index (χ4n) is 1.80. The molecule has 0 spiro atoms. The Kier molecular flexibility index (Phi) is 5.12. The highest BCUT2D eigenvalue weighted by molar-refractivity contribution is 7.89. The van der Waals surface area contributed by atoms with Crippen LogP contribution in [0.5, 0.6) is 0 Å². The van der Waals surface area contributed by atoms with Crippen molar-refractivity contribution < 1.29 is 8.42 Å². The van der Waals surface area contributed by atoms with E-state index in [0.717, 1.165) is 24.0 Å². The Morgan fingerprint density at radius 3 is 2.32 bits per heavy atom. The molecule has 0 saturated heterocycles. The van der Waals surface area contributed by atoms with E-state index in [-0.39, 0.29) is 4.90 Å². The van der Waals surface area contributed by atoms with Gasteiger partial charge in [0.15, 0.2) is 0 Å². The second-order valence-electron chi connectivity index (χ2n) is 5.33. The van der Waals surface area contributed by atoms with Crippen molar-refractivity contribution >= 4 is 10.0 Å². The summed E-state index contributed by atoms with van der Waals surface area (Å²) in [6.07, 6.45) is 1.57. The highest BCUT2D eigenvalue weighted by Gasteiger charge is 2.24. The maximum atomic E-state index is 12.3. The fourth-order valence-corrected chi connectivity index (χ4v) is 3.33. The van der Waals surface area contributed by atoms with Crippen LogP contribution in [0.25, 0.3) is 0 Å². The lowest BCUT2D eigenvalue weighted by molar-refractivity contribution is 0.439. The van der Waals surface area contributed by atoms with Gasteiger partial charge in [-0.25, -0.2) is 13.1 Å². The van der Waals surface area contributed by atoms with E-state index in [1.165, 1.54) is 0 Å². The largest absolute Gasteiger partial charge is 0.326 e. The van der Waals surface area contributed by atoms with Crippen molar-refractivity contribution in [3.63, 3.8) is 0 Å². The van der Waals surface area contributed by atoms with Gasteiger partial charge in [0.2, 0.25) is 10.0 Å². The first-order valence-corrected chi connectivity index (χ1v) is 8.10. The number of nitrogens with two attached hydrogens (primary N) is 1. The molecule has 3 N–H and O–H groups in total. The summed E-state index contributed by atoms with van der Waals surface area (Å²) in [6.45, 7) is 8.07. The molecule has 0 heterocycles. The Morgan fingerprint density at radius 2 is 1.84 bits per heavy atom. The maximum absolute atomic E-state index is 12.3. The summed E-state index contributed by atoms with van der Waals surface area (Å²) < 4.78 is 27.4. The van der Waals surface area contributed by atoms with Gasteiger partial charge in [-0.1, -0.05) is 19.9 Å². The van der Waals surface area contributed by atoms with E-state index in [4.69, 9.17) is 5.73 Å². The van der Waals surface area contributed by atoms with Gasteiger partial charge in [-0.15, -0.1) is 0 Å². The van der Waals surface area contributed by atoms with Crippen molar-refractivity contribution in [2.45, 2.75) is 57.5 Å². The first kappa shape index (κ1) is 16.1. The van der Waals surface area contributed by atoms with Crippen LogP contribution in [0.3, 0.4) is 0 Å². The molecule has 0 saturated carbocycles. The number of sulfonamides is 1. The molecule has 4 nitrogen and oxygen atoms in total. The van der Waals surface area contributed by atoms with Gasteiger partial charge in [-0.3, -0.25) is 0 Å². The molecule has 0 atom stereocenters. The van der Waals surface area contributed by atoms with E-state index in [2.05, 4.69) is 4.72 Å². The first-order valence-electron chi connectivity index (χ1n) is 6.61. The lowest BCUT2D eigenvalue weighted by atomic mass is 10.0. The summed E-state index contributed by atoms with van der Waals surface area (Å²) in [5, 5.41) is 0. The fraction of sp³-hybridized carbons (Fsp3) is 0.571. The SMILES string of the molecule is CCc1ccc(S(=O)(=O)NC(C)(C)CC)cc1CN. The number of hydrogen-bond donors (Lipinski definition) is 2. The molecule has 0 aliphatic heterocycles. The van der Waals surface area contributed by atoms with Crippen LogP contribution >= 0.6 is 0 Å². The van der Waals surface area contributed by atoms with E-state index in [9.17, 15) is 8.42 Å². The molecule has 19 heavy (non-hydrogen) atoms. The molecule has 1 aromatic carbocycles. The van der Waals surface area contributed by atoms with Gasteiger partial charge >= 0.3 is 0 Å². The Morgan fingerprint density at radius 1 is 1.21 bits per heavy atom. The second kappa shape index (κ2) is 6.03. The van der Waals surface area contributed by atoms with Gasteiger partial charge < -0.3 is 5.73 Å². The molecule has 0 radical (unpaired) electrons. The normalized spacial score (nSPS) is 12.7. The van der Waals surface area contributed by atoms with E-state index < -0.39 is 15.6 Å². The second-order valence-corrected chi connectivity index (χ2v) is 7.01. The molecule has 0 aromatic heterocycles. The van der Waals surface area contributed by atoms with E-state index >= 15 is 0 Å². The molecule has 1 aromatic rings. The van der Waals surface area contributed by atoms with Gasteiger partial charge in [0.25, 0.3) is 0 Å². The minimum absolute atomic E-state index is 0.284. The van der Waals surface area contributed by atoms with Crippen molar-refractivity contribution in [1.82, 2.24) is 4.72 Å². The van der Waals surface area contributed by atoms with E-state index in [1.54, 1.807) is 12.1 Å². The van der Waals surface area contributed by atoms with Gasteiger partial charge in [0.05, 0.1) is 4.90 Å². The molecule has 0 aliphatic rings. The predicted octanol–water partition coefficient (Wildman–Crippen LogP) is 2.17. The number of hydrogen-bond acceptors (Lipinski definition) is 3. The number of nitrogens with one attached hydrogen (secondary N) is 1. The quantitative estimate of drug-likeness (QED) is 0.841. The molecule has 0 amide bonds. The summed E-state index contributed by atoms with van der Waals surface area (Å²) in [4.78, 5) is 0.284. The van der Waals surface area contributed by atoms with Crippen LogP contribution in [0, 0.1) is 0 Å². The van der Waals surface area contributed by atoms with Gasteiger partial charge in [-0.05, 0) is 49.9 Å². The lowest BCUT2D eigenvalue weighted by Gasteiger charge is -2.24. The molecule has 0 unspecified atom stereocenters. The van der Waals surface area contributed by atoms with Gasteiger partial charge in [0, 0.05) is 12.1 Å². The third-order valence-electron chi connectivity index (χ3n) is 3.38. The maximum Gasteiger partial charge on any atom is 0.241 e. The van der Waals surface area contributed by atoms with Crippen molar-refractivity contribution in [1.29, 1.82) is 0 Å². The summed E-state index contributed by atoms with van der Waals surface area (Å²) in [6, 6.07) is 5.16. The monoisotopic (exact) mass is 284 g/mol. The first-order chi connectivity index (χ1) is 8.75. The highest BCUT2D eigenvalue weighted by Crippen LogP contribution is 2.19. The third-order valence-corrected chi connectivity index (χ3v) is 5.08. The van der Waals surface area contributed by atoms with E-state index in [0.29, 0.717) is 6.54 Å². The van der Waals surface area contributed by atoms with Crippen molar-refractivity contribution in [3.05, 3.63) is 29.3 Å². The van der Waals surface area contributed by atoms with Crippen LogP contribution < -0.4 is 10.5 Å². The molecule has 0 fully saturated rings. The Bertz CT molecular complexity index is 536. The standard InChI is InChI=1S/C14H24N2O2S/c1-5-11-7-8-13(9-12(11)10-15)19(17,18)16-14(3,4)6-2/h7-9,16H,5-6,10,15H2,1-4H3. The topological polar surface area (TPSA) is 72.2 Å². The predicted molar refractivity (Wildman–Crippen MR) is 78.4 cm³/mol. The third kappa shape index (κ3) is 4.03. The van der Waals surface area contributed by atoms with Crippen LogP contribution in [0.15, 0.2) is 23.1 Å². The molecular weight excluding hydrogens is 260 g/mol. The Balaban J connectivity index is 3.16. The highest BCUT2D eigenvalue weighted by atomic mass is 32.2. The van der Waals surface area contributed by atoms with E-state index in [1.807, 2.05) is 33.8 Å². The molecule has 108 valence electrons. The minimum atomic E-state index is -3.49.